The van der Waals surface area contributed by atoms with E-state index >= 15 is 0 Å². The molecule has 100 valence electrons. The highest BCUT2D eigenvalue weighted by Crippen LogP contribution is 2.43. The van der Waals surface area contributed by atoms with Gasteiger partial charge in [-0.1, -0.05) is 11.6 Å². The summed E-state index contributed by atoms with van der Waals surface area (Å²) in [4.78, 5) is 0. The van der Waals surface area contributed by atoms with Gasteiger partial charge < -0.3 is 15.8 Å². The van der Waals surface area contributed by atoms with Gasteiger partial charge in [0.25, 0.3) is 0 Å². The largest absolute Gasteiger partial charge is 0.496 e. The number of halogens is 1. The Bertz CT molecular complexity index is 405. The number of nitrogens with two attached hydrogens (primary N) is 1. The summed E-state index contributed by atoms with van der Waals surface area (Å²) in [5, 5.41) is 4.24. The molecule has 0 unspecified atom stereocenters. The molecule has 1 fully saturated rings. The van der Waals surface area contributed by atoms with Gasteiger partial charge >= 0.3 is 0 Å². The van der Waals surface area contributed by atoms with Crippen molar-refractivity contribution in [2.45, 2.75) is 19.3 Å². The second-order valence-electron chi connectivity index (χ2n) is 5.09. The second kappa shape index (κ2) is 5.91. The van der Waals surface area contributed by atoms with Crippen molar-refractivity contribution in [1.82, 2.24) is 5.32 Å². The summed E-state index contributed by atoms with van der Waals surface area (Å²) >= 11 is 6.00. The predicted octanol–water partition coefficient (Wildman–Crippen LogP) is 2.22. The third kappa shape index (κ3) is 3.37. The molecule has 18 heavy (non-hydrogen) atoms. The van der Waals surface area contributed by atoms with Gasteiger partial charge in [-0.15, -0.1) is 0 Å². The van der Waals surface area contributed by atoms with Crippen molar-refractivity contribution in [2.75, 3.05) is 26.7 Å². The monoisotopic (exact) mass is 268 g/mol. The summed E-state index contributed by atoms with van der Waals surface area (Å²) in [5.41, 5.74) is 7.29. The molecule has 1 aliphatic rings. The molecule has 0 heterocycles. The van der Waals surface area contributed by atoms with Crippen LogP contribution in [-0.2, 0) is 6.42 Å². The first-order valence-corrected chi connectivity index (χ1v) is 6.80. The minimum Gasteiger partial charge on any atom is -0.496 e. The molecule has 0 atom stereocenters. The Balaban J connectivity index is 1.80. The van der Waals surface area contributed by atoms with Crippen molar-refractivity contribution in [2.24, 2.45) is 11.1 Å². The maximum atomic E-state index is 6.00. The molecule has 0 saturated heterocycles. The van der Waals surface area contributed by atoms with Crippen LogP contribution >= 0.6 is 11.6 Å². The molecule has 1 aromatic carbocycles. The molecule has 0 aliphatic heterocycles. The van der Waals surface area contributed by atoms with E-state index in [2.05, 4.69) is 5.32 Å². The van der Waals surface area contributed by atoms with E-state index in [-0.39, 0.29) is 0 Å². The number of ether oxygens (including phenoxy) is 1. The zero-order valence-corrected chi connectivity index (χ0v) is 11.6. The summed E-state index contributed by atoms with van der Waals surface area (Å²) in [7, 11) is 1.69. The number of nitrogens with one attached hydrogen (secondary N) is 1. The van der Waals surface area contributed by atoms with Gasteiger partial charge in [0.2, 0.25) is 0 Å². The van der Waals surface area contributed by atoms with E-state index in [1.807, 2.05) is 18.2 Å². The maximum Gasteiger partial charge on any atom is 0.122 e. The van der Waals surface area contributed by atoms with Crippen molar-refractivity contribution in [3.05, 3.63) is 28.8 Å². The number of hydrogen-bond acceptors (Lipinski definition) is 3. The molecule has 3 nitrogen and oxygen atoms in total. The molecule has 1 aliphatic carbocycles. The molecular weight excluding hydrogens is 248 g/mol. The number of benzene rings is 1. The first-order chi connectivity index (χ1) is 8.69. The third-order valence-corrected chi connectivity index (χ3v) is 3.94. The molecule has 3 N–H and O–H groups in total. The van der Waals surface area contributed by atoms with Gasteiger partial charge in [-0.25, -0.2) is 0 Å². The highest BCUT2D eigenvalue weighted by molar-refractivity contribution is 6.30. The lowest BCUT2D eigenvalue weighted by Crippen LogP contribution is -2.30. The lowest BCUT2D eigenvalue weighted by Gasteiger charge is -2.14. The topological polar surface area (TPSA) is 47.3 Å². The Hall–Kier alpha value is -0.770. The summed E-state index contributed by atoms with van der Waals surface area (Å²) in [6.45, 7) is 2.74. The van der Waals surface area contributed by atoms with Gasteiger partial charge in [-0.3, -0.25) is 0 Å². The minimum absolute atomic E-state index is 0.387. The molecule has 1 aromatic rings. The average Bonchev–Trinajstić information content (AvgIpc) is 3.16. The first kappa shape index (κ1) is 13.7. The van der Waals surface area contributed by atoms with E-state index in [4.69, 9.17) is 22.1 Å². The van der Waals surface area contributed by atoms with Gasteiger partial charge in [0.05, 0.1) is 7.11 Å². The third-order valence-electron chi connectivity index (χ3n) is 3.70. The molecule has 0 spiro atoms. The van der Waals surface area contributed by atoms with Crippen LogP contribution in [0.15, 0.2) is 18.2 Å². The standard InChI is InChI=1S/C14H21ClN2O/c1-18-13-3-2-12(15)8-11(13)4-7-17-10-14(9-16)5-6-14/h2-3,8,17H,4-7,9-10,16H2,1H3. The van der Waals surface area contributed by atoms with Crippen molar-refractivity contribution < 1.29 is 4.74 Å². The fraction of sp³-hybridized carbons (Fsp3) is 0.571. The van der Waals surface area contributed by atoms with Crippen molar-refractivity contribution in [3.8, 4) is 5.75 Å². The zero-order chi connectivity index (χ0) is 13.0. The Morgan fingerprint density at radius 3 is 2.83 bits per heavy atom. The van der Waals surface area contributed by atoms with E-state index in [0.29, 0.717) is 5.41 Å². The first-order valence-electron chi connectivity index (χ1n) is 6.42. The van der Waals surface area contributed by atoms with Crippen LogP contribution in [0, 0.1) is 5.41 Å². The number of hydrogen-bond donors (Lipinski definition) is 2. The quantitative estimate of drug-likeness (QED) is 0.746. The number of rotatable bonds is 7. The van der Waals surface area contributed by atoms with Crippen LogP contribution in [-0.4, -0.2) is 26.7 Å². The fourth-order valence-electron chi connectivity index (χ4n) is 2.15. The molecule has 1 saturated carbocycles. The second-order valence-corrected chi connectivity index (χ2v) is 5.52. The van der Waals surface area contributed by atoms with Crippen LogP contribution in [0.5, 0.6) is 5.75 Å². The van der Waals surface area contributed by atoms with Crippen LogP contribution in [0.3, 0.4) is 0 Å². The van der Waals surface area contributed by atoms with Gasteiger partial charge in [0.1, 0.15) is 5.75 Å². The average molecular weight is 269 g/mol. The van der Waals surface area contributed by atoms with Crippen LogP contribution in [0.1, 0.15) is 18.4 Å². The van der Waals surface area contributed by atoms with Crippen molar-refractivity contribution in [3.63, 3.8) is 0 Å². The molecule has 2 rings (SSSR count). The zero-order valence-electron chi connectivity index (χ0n) is 10.8. The summed E-state index contributed by atoms with van der Waals surface area (Å²) < 4.78 is 5.33. The van der Waals surface area contributed by atoms with Gasteiger partial charge in [-0.05, 0) is 61.5 Å². The smallest absolute Gasteiger partial charge is 0.122 e. The minimum atomic E-state index is 0.387. The van der Waals surface area contributed by atoms with Crippen LogP contribution in [0.2, 0.25) is 5.02 Å². The van der Waals surface area contributed by atoms with Gasteiger partial charge in [0, 0.05) is 11.6 Å². The molecular formula is C14H21ClN2O. The van der Waals surface area contributed by atoms with Gasteiger partial charge in [-0.2, -0.15) is 0 Å². The summed E-state index contributed by atoms with van der Waals surface area (Å²) in [6.07, 6.45) is 3.44. The van der Waals surface area contributed by atoms with Crippen molar-refractivity contribution >= 4 is 11.6 Å². The Morgan fingerprint density at radius 1 is 1.44 bits per heavy atom. The van der Waals surface area contributed by atoms with E-state index in [9.17, 15) is 0 Å². The Labute approximate surface area is 114 Å². The van der Waals surface area contributed by atoms with E-state index in [1.165, 1.54) is 12.8 Å². The SMILES string of the molecule is COc1ccc(Cl)cc1CCNCC1(CN)CC1. The Morgan fingerprint density at radius 2 is 2.22 bits per heavy atom. The molecule has 0 amide bonds. The Kier molecular flexibility index (Phi) is 4.49. The number of methoxy groups -OCH3 is 1. The highest BCUT2D eigenvalue weighted by atomic mass is 35.5. The molecule has 0 radical (unpaired) electrons. The normalized spacial score (nSPS) is 16.6. The fourth-order valence-corrected chi connectivity index (χ4v) is 2.34. The van der Waals surface area contributed by atoms with Crippen LogP contribution in [0.25, 0.3) is 0 Å². The van der Waals surface area contributed by atoms with Crippen LogP contribution in [0.4, 0.5) is 0 Å². The highest BCUT2D eigenvalue weighted by Gasteiger charge is 2.40. The molecule has 0 aromatic heterocycles. The van der Waals surface area contributed by atoms with E-state index in [1.54, 1.807) is 7.11 Å². The predicted molar refractivity (Wildman–Crippen MR) is 75.3 cm³/mol. The van der Waals surface area contributed by atoms with Gasteiger partial charge in [0.15, 0.2) is 0 Å². The van der Waals surface area contributed by atoms with Crippen LogP contribution < -0.4 is 15.8 Å². The van der Waals surface area contributed by atoms with Crippen molar-refractivity contribution in [1.29, 1.82) is 0 Å². The molecule has 0 bridgehead atoms. The summed E-state index contributed by atoms with van der Waals surface area (Å²) in [6, 6.07) is 5.74. The summed E-state index contributed by atoms with van der Waals surface area (Å²) in [5.74, 6) is 0.904. The maximum absolute atomic E-state index is 6.00. The molecule has 4 heteroatoms. The van der Waals surface area contributed by atoms with E-state index in [0.717, 1.165) is 42.4 Å². The lowest BCUT2D eigenvalue weighted by atomic mass is 10.1. The van der Waals surface area contributed by atoms with E-state index < -0.39 is 0 Å². The lowest BCUT2D eigenvalue weighted by molar-refractivity contribution is 0.408.